The molecule has 1 unspecified atom stereocenters. The lowest BCUT2D eigenvalue weighted by molar-refractivity contribution is 0.267. The van der Waals surface area contributed by atoms with Crippen molar-refractivity contribution in [2.45, 2.75) is 58.0 Å². The van der Waals surface area contributed by atoms with Crippen LogP contribution in [0.4, 0.5) is 0 Å². The van der Waals surface area contributed by atoms with Gasteiger partial charge in [0.15, 0.2) is 0 Å². The average Bonchev–Trinajstić information content (AvgIpc) is 2.83. The summed E-state index contributed by atoms with van der Waals surface area (Å²) in [7, 11) is 0. The Balaban J connectivity index is 1.84. The maximum absolute atomic E-state index is 4.37. The SMILES string of the molecule is CC(N[C@@H](C)C1CCCCC1)c1cscn1. The number of thiazole rings is 1. The lowest BCUT2D eigenvalue weighted by Crippen LogP contribution is -2.36. The zero-order chi connectivity index (χ0) is 11.4. The van der Waals surface area contributed by atoms with Crippen LogP contribution in [0.15, 0.2) is 10.9 Å². The second kappa shape index (κ2) is 5.78. The molecule has 16 heavy (non-hydrogen) atoms. The summed E-state index contributed by atoms with van der Waals surface area (Å²) < 4.78 is 0. The maximum Gasteiger partial charge on any atom is 0.0795 e. The Morgan fingerprint density at radius 1 is 1.31 bits per heavy atom. The molecule has 0 amide bonds. The first-order valence-electron chi connectivity index (χ1n) is 6.41. The molecule has 1 aromatic heterocycles. The number of hydrogen-bond donors (Lipinski definition) is 1. The van der Waals surface area contributed by atoms with Gasteiger partial charge in [-0.05, 0) is 32.6 Å². The highest BCUT2D eigenvalue weighted by atomic mass is 32.1. The second-order valence-corrected chi connectivity index (χ2v) is 5.71. The zero-order valence-corrected chi connectivity index (χ0v) is 11.1. The molecule has 2 rings (SSSR count). The van der Waals surface area contributed by atoms with Crippen molar-refractivity contribution in [1.82, 2.24) is 10.3 Å². The number of hydrogen-bond acceptors (Lipinski definition) is 3. The predicted molar refractivity (Wildman–Crippen MR) is 69.7 cm³/mol. The molecule has 1 aromatic rings. The van der Waals surface area contributed by atoms with Crippen molar-refractivity contribution in [1.29, 1.82) is 0 Å². The van der Waals surface area contributed by atoms with E-state index >= 15 is 0 Å². The lowest BCUT2D eigenvalue weighted by atomic mass is 9.84. The molecule has 1 fully saturated rings. The predicted octanol–water partition coefficient (Wildman–Crippen LogP) is 3.76. The average molecular weight is 238 g/mol. The quantitative estimate of drug-likeness (QED) is 0.864. The Morgan fingerprint density at radius 2 is 2.06 bits per heavy atom. The molecule has 2 atom stereocenters. The highest BCUT2D eigenvalue weighted by Gasteiger charge is 2.21. The number of nitrogens with zero attached hydrogens (tertiary/aromatic N) is 1. The van der Waals surface area contributed by atoms with Crippen molar-refractivity contribution >= 4 is 11.3 Å². The molecule has 2 nitrogen and oxygen atoms in total. The summed E-state index contributed by atoms with van der Waals surface area (Å²) in [4.78, 5) is 4.37. The summed E-state index contributed by atoms with van der Waals surface area (Å²) in [6.07, 6.45) is 7.07. The second-order valence-electron chi connectivity index (χ2n) is 4.99. The van der Waals surface area contributed by atoms with E-state index in [0.29, 0.717) is 12.1 Å². The molecule has 1 saturated carbocycles. The first-order valence-corrected chi connectivity index (χ1v) is 7.36. The van der Waals surface area contributed by atoms with Crippen LogP contribution in [-0.2, 0) is 0 Å². The van der Waals surface area contributed by atoms with Crippen LogP contribution in [0.2, 0.25) is 0 Å². The Labute approximate surface area is 102 Å². The van der Waals surface area contributed by atoms with Crippen molar-refractivity contribution < 1.29 is 0 Å². The van der Waals surface area contributed by atoms with Crippen LogP contribution in [0.1, 0.15) is 57.7 Å². The number of nitrogens with one attached hydrogen (secondary N) is 1. The molecule has 1 heterocycles. The van der Waals surface area contributed by atoms with Gasteiger partial charge in [0, 0.05) is 17.5 Å². The largest absolute Gasteiger partial charge is 0.306 e. The van der Waals surface area contributed by atoms with E-state index in [4.69, 9.17) is 0 Å². The normalized spacial score (nSPS) is 21.9. The van der Waals surface area contributed by atoms with Gasteiger partial charge >= 0.3 is 0 Å². The van der Waals surface area contributed by atoms with Gasteiger partial charge in [-0.25, -0.2) is 4.98 Å². The minimum absolute atomic E-state index is 0.392. The molecule has 0 radical (unpaired) electrons. The Kier molecular flexibility index (Phi) is 4.36. The van der Waals surface area contributed by atoms with Gasteiger partial charge < -0.3 is 5.32 Å². The van der Waals surface area contributed by atoms with Gasteiger partial charge in [-0.2, -0.15) is 0 Å². The Hall–Kier alpha value is -0.410. The third-order valence-electron chi connectivity index (χ3n) is 3.76. The Bertz CT molecular complexity index is 291. The fourth-order valence-electron chi connectivity index (χ4n) is 2.69. The monoisotopic (exact) mass is 238 g/mol. The summed E-state index contributed by atoms with van der Waals surface area (Å²) >= 11 is 1.68. The van der Waals surface area contributed by atoms with E-state index in [9.17, 15) is 0 Å². The van der Waals surface area contributed by atoms with Crippen molar-refractivity contribution in [3.05, 3.63) is 16.6 Å². The maximum atomic E-state index is 4.37. The minimum atomic E-state index is 0.392. The highest BCUT2D eigenvalue weighted by molar-refractivity contribution is 7.07. The molecule has 90 valence electrons. The van der Waals surface area contributed by atoms with E-state index in [2.05, 4.69) is 29.5 Å². The summed E-state index contributed by atoms with van der Waals surface area (Å²) in [6.45, 7) is 4.55. The van der Waals surface area contributed by atoms with Crippen molar-refractivity contribution in [3.8, 4) is 0 Å². The van der Waals surface area contributed by atoms with Gasteiger partial charge in [0.1, 0.15) is 0 Å². The van der Waals surface area contributed by atoms with Crippen LogP contribution >= 0.6 is 11.3 Å². The molecule has 1 aliphatic rings. The summed E-state index contributed by atoms with van der Waals surface area (Å²) in [5, 5.41) is 5.84. The van der Waals surface area contributed by atoms with Crippen LogP contribution in [0, 0.1) is 5.92 Å². The third-order valence-corrected chi connectivity index (χ3v) is 4.37. The highest BCUT2D eigenvalue weighted by Crippen LogP contribution is 2.27. The molecule has 0 aromatic carbocycles. The van der Waals surface area contributed by atoms with E-state index in [1.807, 2.05) is 5.51 Å². The fourth-order valence-corrected chi connectivity index (χ4v) is 3.33. The summed E-state index contributed by atoms with van der Waals surface area (Å²) in [6, 6.07) is 1.01. The van der Waals surface area contributed by atoms with Crippen LogP contribution in [0.25, 0.3) is 0 Å². The number of aromatic nitrogens is 1. The molecule has 1 aliphatic carbocycles. The van der Waals surface area contributed by atoms with Crippen LogP contribution in [-0.4, -0.2) is 11.0 Å². The standard InChI is InChI=1S/C13H22N2S/c1-10(12-6-4-3-5-7-12)15-11(2)13-8-16-9-14-13/h8-12,15H,3-7H2,1-2H3/t10-,11?/m0/s1. The molecular weight excluding hydrogens is 216 g/mol. The van der Waals surface area contributed by atoms with Crippen molar-refractivity contribution in [3.63, 3.8) is 0 Å². The first-order chi connectivity index (χ1) is 7.77. The first kappa shape index (κ1) is 12.1. The smallest absolute Gasteiger partial charge is 0.0795 e. The van der Waals surface area contributed by atoms with Crippen LogP contribution < -0.4 is 5.32 Å². The topological polar surface area (TPSA) is 24.9 Å². The lowest BCUT2D eigenvalue weighted by Gasteiger charge is -2.30. The van der Waals surface area contributed by atoms with Gasteiger partial charge in [-0.15, -0.1) is 11.3 Å². The molecule has 0 bridgehead atoms. The number of rotatable bonds is 4. The van der Waals surface area contributed by atoms with Gasteiger partial charge in [0.05, 0.1) is 11.2 Å². The van der Waals surface area contributed by atoms with E-state index in [-0.39, 0.29) is 0 Å². The molecule has 0 spiro atoms. The third kappa shape index (κ3) is 3.05. The van der Waals surface area contributed by atoms with Gasteiger partial charge in [0.2, 0.25) is 0 Å². The van der Waals surface area contributed by atoms with Gasteiger partial charge in [-0.3, -0.25) is 0 Å². The van der Waals surface area contributed by atoms with E-state index in [1.165, 1.54) is 37.8 Å². The zero-order valence-electron chi connectivity index (χ0n) is 10.3. The molecule has 3 heteroatoms. The molecule has 1 N–H and O–H groups in total. The van der Waals surface area contributed by atoms with Gasteiger partial charge in [-0.1, -0.05) is 19.3 Å². The Morgan fingerprint density at radius 3 is 2.69 bits per heavy atom. The summed E-state index contributed by atoms with van der Waals surface area (Å²) in [5.74, 6) is 0.870. The fraction of sp³-hybridized carbons (Fsp3) is 0.769. The van der Waals surface area contributed by atoms with E-state index in [1.54, 1.807) is 11.3 Å². The van der Waals surface area contributed by atoms with E-state index in [0.717, 1.165) is 5.92 Å². The van der Waals surface area contributed by atoms with Gasteiger partial charge in [0.25, 0.3) is 0 Å². The van der Waals surface area contributed by atoms with Crippen LogP contribution in [0.5, 0.6) is 0 Å². The van der Waals surface area contributed by atoms with E-state index < -0.39 is 0 Å². The minimum Gasteiger partial charge on any atom is -0.306 e. The summed E-state index contributed by atoms with van der Waals surface area (Å²) in [5.41, 5.74) is 3.10. The van der Waals surface area contributed by atoms with Crippen molar-refractivity contribution in [2.24, 2.45) is 5.92 Å². The molecule has 0 saturated heterocycles. The van der Waals surface area contributed by atoms with Crippen molar-refractivity contribution in [2.75, 3.05) is 0 Å². The molecule has 0 aliphatic heterocycles. The van der Waals surface area contributed by atoms with Crippen LogP contribution in [0.3, 0.4) is 0 Å². The molecular formula is C13H22N2S.